The van der Waals surface area contributed by atoms with Crippen molar-refractivity contribution in [2.75, 3.05) is 19.8 Å². The number of carbonyl (C=O) groups excluding carboxylic acids is 2. The van der Waals surface area contributed by atoms with Crippen LogP contribution in [0.15, 0.2) is 30.3 Å². The topological polar surface area (TPSA) is 55.8 Å². The molecule has 0 bridgehead atoms. The van der Waals surface area contributed by atoms with E-state index < -0.39 is 0 Å². The van der Waals surface area contributed by atoms with Gasteiger partial charge in [0.15, 0.2) is 0 Å². The van der Waals surface area contributed by atoms with E-state index in [0.29, 0.717) is 26.2 Å². The van der Waals surface area contributed by atoms with Gasteiger partial charge in [0.25, 0.3) is 0 Å². The number of ether oxygens (including phenoxy) is 2. The molecule has 1 aromatic rings. The van der Waals surface area contributed by atoms with Gasteiger partial charge in [-0.3, -0.25) is 9.59 Å². The lowest BCUT2D eigenvalue weighted by Crippen LogP contribution is -2.40. The first-order valence-corrected chi connectivity index (χ1v) is 8.83. The summed E-state index contributed by atoms with van der Waals surface area (Å²) in [7, 11) is 0. The Labute approximate surface area is 143 Å². The van der Waals surface area contributed by atoms with Crippen LogP contribution in [0, 0.1) is 0 Å². The molecule has 0 unspecified atom stereocenters. The fourth-order valence-electron chi connectivity index (χ4n) is 3.09. The van der Waals surface area contributed by atoms with Gasteiger partial charge in [-0.25, -0.2) is 0 Å². The lowest BCUT2D eigenvalue weighted by molar-refractivity contribution is -0.144. The third-order valence-electron chi connectivity index (χ3n) is 4.28. The smallest absolute Gasteiger partial charge is 0.307 e. The number of amides is 1. The van der Waals surface area contributed by atoms with Gasteiger partial charge in [0, 0.05) is 12.6 Å². The molecule has 1 amide bonds. The van der Waals surface area contributed by atoms with Crippen LogP contribution in [-0.4, -0.2) is 42.6 Å². The molecule has 5 nitrogen and oxygen atoms in total. The SMILES string of the molecule is CCOC(=O)CCN(C(=O)CCOc1ccccc1)C1CCCC1. The first-order chi connectivity index (χ1) is 11.7. The maximum Gasteiger partial charge on any atom is 0.307 e. The molecule has 0 spiro atoms. The lowest BCUT2D eigenvalue weighted by Gasteiger charge is -2.29. The van der Waals surface area contributed by atoms with Crippen molar-refractivity contribution in [2.24, 2.45) is 0 Å². The van der Waals surface area contributed by atoms with E-state index in [1.807, 2.05) is 35.2 Å². The quantitative estimate of drug-likeness (QED) is 0.651. The Hall–Kier alpha value is -2.04. The lowest BCUT2D eigenvalue weighted by atomic mass is 10.2. The molecule has 0 saturated heterocycles. The summed E-state index contributed by atoms with van der Waals surface area (Å²) < 4.78 is 10.6. The Morgan fingerprint density at radius 2 is 1.83 bits per heavy atom. The predicted octanol–water partition coefficient (Wildman–Crippen LogP) is 3.18. The molecule has 0 atom stereocenters. The highest BCUT2D eigenvalue weighted by Crippen LogP contribution is 2.24. The van der Waals surface area contributed by atoms with Gasteiger partial charge in [-0.1, -0.05) is 31.0 Å². The highest BCUT2D eigenvalue weighted by molar-refractivity contribution is 5.77. The number of para-hydroxylation sites is 1. The summed E-state index contributed by atoms with van der Waals surface area (Å²) >= 11 is 0. The molecule has 2 rings (SSSR count). The van der Waals surface area contributed by atoms with E-state index in [4.69, 9.17) is 9.47 Å². The zero-order valence-electron chi connectivity index (χ0n) is 14.4. The Kier molecular flexibility index (Phi) is 7.59. The molecule has 0 heterocycles. The summed E-state index contributed by atoms with van der Waals surface area (Å²) in [6.07, 6.45) is 4.93. The first-order valence-electron chi connectivity index (χ1n) is 8.83. The van der Waals surface area contributed by atoms with Crippen LogP contribution in [0.3, 0.4) is 0 Å². The molecule has 5 heteroatoms. The number of esters is 1. The van der Waals surface area contributed by atoms with Crippen LogP contribution in [0.2, 0.25) is 0 Å². The zero-order valence-corrected chi connectivity index (χ0v) is 14.4. The first kappa shape index (κ1) is 18.3. The van der Waals surface area contributed by atoms with Gasteiger partial charge in [0.05, 0.1) is 26.1 Å². The third kappa shape index (κ3) is 5.87. The standard InChI is InChI=1S/C19H27NO4/c1-2-23-19(22)12-14-20(16-8-6-7-9-16)18(21)13-15-24-17-10-4-3-5-11-17/h3-5,10-11,16H,2,6-9,12-15H2,1H3. The van der Waals surface area contributed by atoms with Crippen molar-refractivity contribution in [1.29, 1.82) is 0 Å². The average molecular weight is 333 g/mol. The summed E-state index contributed by atoms with van der Waals surface area (Å²) in [5, 5.41) is 0. The van der Waals surface area contributed by atoms with E-state index in [1.165, 1.54) is 0 Å². The second-order valence-corrected chi connectivity index (χ2v) is 5.99. The largest absolute Gasteiger partial charge is 0.493 e. The van der Waals surface area contributed by atoms with Crippen molar-refractivity contribution < 1.29 is 19.1 Å². The van der Waals surface area contributed by atoms with Gasteiger partial charge in [-0.2, -0.15) is 0 Å². The minimum Gasteiger partial charge on any atom is -0.493 e. The van der Waals surface area contributed by atoms with Crippen molar-refractivity contribution in [3.8, 4) is 5.75 Å². The van der Waals surface area contributed by atoms with Crippen molar-refractivity contribution in [1.82, 2.24) is 4.90 Å². The summed E-state index contributed by atoms with van der Waals surface area (Å²) in [5.74, 6) is 0.584. The number of hydrogen-bond donors (Lipinski definition) is 0. The maximum absolute atomic E-state index is 12.6. The van der Waals surface area contributed by atoms with Gasteiger partial charge in [0.2, 0.25) is 5.91 Å². The summed E-state index contributed by atoms with van der Waals surface area (Å²) in [5.41, 5.74) is 0. The molecular weight excluding hydrogens is 306 g/mol. The minimum absolute atomic E-state index is 0.0575. The summed E-state index contributed by atoms with van der Waals surface area (Å²) in [6, 6.07) is 9.74. The van der Waals surface area contributed by atoms with Crippen LogP contribution in [0.1, 0.15) is 45.4 Å². The fourth-order valence-corrected chi connectivity index (χ4v) is 3.09. The normalized spacial score (nSPS) is 14.4. The Bertz CT molecular complexity index is 511. The molecule has 1 saturated carbocycles. The van der Waals surface area contributed by atoms with Gasteiger partial charge in [-0.15, -0.1) is 0 Å². The van der Waals surface area contributed by atoms with E-state index in [9.17, 15) is 9.59 Å². The average Bonchev–Trinajstić information content (AvgIpc) is 3.10. The molecule has 1 aliphatic carbocycles. The molecule has 0 radical (unpaired) electrons. The third-order valence-corrected chi connectivity index (χ3v) is 4.28. The van der Waals surface area contributed by atoms with E-state index in [-0.39, 0.29) is 24.3 Å². The number of benzene rings is 1. The van der Waals surface area contributed by atoms with Crippen molar-refractivity contribution in [2.45, 2.75) is 51.5 Å². The van der Waals surface area contributed by atoms with E-state index in [1.54, 1.807) is 6.92 Å². The van der Waals surface area contributed by atoms with Crippen LogP contribution in [0.4, 0.5) is 0 Å². The molecule has 24 heavy (non-hydrogen) atoms. The number of carbonyl (C=O) groups is 2. The molecule has 132 valence electrons. The zero-order chi connectivity index (χ0) is 17.2. The Morgan fingerprint density at radius 3 is 2.50 bits per heavy atom. The monoisotopic (exact) mass is 333 g/mol. The number of rotatable bonds is 9. The molecule has 0 N–H and O–H groups in total. The number of nitrogens with zero attached hydrogens (tertiary/aromatic N) is 1. The predicted molar refractivity (Wildman–Crippen MR) is 91.8 cm³/mol. The highest BCUT2D eigenvalue weighted by atomic mass is 16.5. The molecule has 1 aromatic carbocycles. The maximum atomic E-state index is 12.6. The summed E-state index contributed by atoms with van der Waals surface area (Å²) in [4.78, 5) is 26.0. The molecule has 0 aliphatic heterocycles. The van der Waals surface area contributed by atoms with E-state index in [2.05, 4.69) is 0 Å². The fraction of sp³-hybridized carbons (Fsp3) is 0.579. The number of hydrogen-bond acceptors (Lipinski definition) is 4. The summed E-state index contributed by atoms with van der Waals surface area (Å²) in [6.45, 7) is 2.96. The minimum atomic E-state index is -0.242. The molecule has 1 fully saturated rings. The van der Waals surface area contributed by atoms with Crippen LogP contribution in [-0.2, 0) is 14.3 Å². The molecular formula is C19H27NO4. The molecule has 0 aromatic heterocycles. The van der Waals surface area contributed by atoms with Crippen LogP contribution in [0.25, 0.3) is 0 Å². The van der Waals surface area contributed by atoms with Gasteiger partial charge >= 0.3 is 5.97 Å². The second kappa shape index (κ2) is 9.96. The van der Waals surface area contributed by atoms with E-state index in [0.717, 1.165) is 31.4 Å². The van der Waals surface area contributed by atoms with Crippen LogP contribution >= 0.6 is 0 Å². The Morgan fingerprint density at radius 1 is 1.12 bits per heavy atom. The van der Waals surface area contributed by atoms with Crippen molar-refractivity contribution in [3.05, 3.63) is 30.3 Å². The van der Waals surface area contributed by atoms with Crippen LogP contribution < -0.4 is 4.74 Å². The Balaban J connectivity index is 1.83. The highest BCUT2D eigenvalue weighted by Gasteiger charge is 2.26. The van der Waals surface area contributed by atoms with Gasteiger partial charge in [0.1, 0.15) is 5.75 Å². The van der Waals surface area contributed by atoms with E-state index >= 15 is 0 Å². The van der Waals surface area contributed by atoms with Crippen LogP contribution in [0.5, 0.6) is 5.75 Å². The van der Waals surface area contributed by atoms with Gasteiger partial charge < -0.3 is 14.4 Å². The second-order valence-electron chi connectivity index (χ2n) is 5.99. The molecule has 1 aliphatic rings. The van der Waals surface area contributed by atoms with Crippen molar-refractivity contribution in [3.63, 3.8) is 0 Å². The van der Waals surface area contributed by atoms with Gasteiger partial charge in [-0.05, 0) is 31.9 Å². The van der Waals surface area contributed by atoms with Crippen molar-refractivity contribution >= 4 is 11.9 Å².